The third kappa shape index (κ3) is 4.33. The van der Waals surface area contributed by atoms with Crippen molar-refractivity contribution in [3.8, 4) is 5.75 Å². The molecule has 1 aromatic heterocycles. The number of para-hydroxylation sites is 1. The van der Waals surface area contributed by atoms with E-state index >= 15 is 0 Å². The summed E-state index contributed by atoms with van der Waals surface area (Å²) in [7, 11) is 3.54. The third-order valence-corrected chi connectivity index (χ3v) is 7.32. The van der Waals surface area contributed by atoms with Gasteiger partial charge in [-0.25, -0.2) is 14.7 Å². The maximum atomic E-state index is 13.2. The number of methoxy groups -OCH3 is 1. The van der Waals surface area contributed by atoms with Crippen molar-refractivity contribution < 1.29 is 14.3 Å². The molecule has 2 heterocycles. The van der Waals surface area contributed by atoms with E-state index in [1.807, 2.05) is 61.3 Å². The zero-order valence-corrected chi connectivity index (χ0v) is 19.6. The maximum absolute atomic E-state index is 13.2. The number of nitrogens with one attached hydrogen (secondary N) is 1. The van der Waals surface area contributed by atoms with Crippen LogP contribution in [0.2, 0.25) is 0 Å². The lowest BCUT2D eigenvalue weighted by molar-refractivity contribution is -0.132. The smallest absolute Gasteiger partial charge is 0.326 e. The minimum absolute atomic E-state index is 0.0286. The lowest BCUT2D eigenvalue weighted by Gasteiger charge is -2.27. The molecular formula is C24H28N4O3S. The normalized spacial score (nSPS) is 19.6. The van der Waals surface area contributed by atoms with Gasteiger partial charge in [-0.2, -0.15) is 0 Å². The number of aryl methyl sites for hydroxylation is 1. The van der Waals surface area contributed by atoms with Gasteiger partial charge in [-0.3, -0.25) is 9.69 Å². The summed E-state index contributed by atoms with van der Waals surface area (Å²) in [6, 6.07) is 15.4. The summed E-state index contributed by atoms with van der Waals surface area (Å²) in [4.78, 5) is 33.8. The third-order valence-electron chi connectivity index (χ3n) is 6.11. The van der Waals surface area contributed by atoms with Crippen LogP contribution in [0.25, 0.3) is 10.2 Å². The van der Waals surface area contributed by atoms with Crippen LogP contribution in [0.5, 0.6) is 5.75 Å². The second-order valence-corrected chi connectivity index (χ2v) is 9.50. The topological polar surface area (TPSA) is 74.8 Å². The van der Waals surface area contributed by atoms with Crippen molar-refractivity contribution in [2.45, 2.75) is 38.3 Å². The molecule has 3 amide bonds. The van der Waals surface area contributed by atoms with E-state index in [9.17, 15) is 9.59 Å². The number of fused-ring (bicyclic) bond motifs is 1. The predicted molar refractivity (Wildman–Crippen MR) is 126 cm³/mol. The average molecular weight is 453 g/mol. The molecule has 4 rings (SSSR count). The number of hydrogen-bond acceptors (Lipinski definition) is 6. The van der Waals surface area contributed by atoms with E-state index in [0.717, 1.165) is 26.5 Å². The highest BCUT2D eigenvalue weighted by Crippen LogP contribution is 2.30. The number of ether oxygens (including phenoxy) is 1. The van der Waals surface area contributed by atoms with Crippen LogP contribution in [0.1, 0.15) is 36.9 Å². The summed E-state index contributed by atoms with van der Waals surface area (Å²) in [5, 5.41) is 3.86. The van der Waals surface area contributed by atoms with Gasteiger partial charge in [0.15, 0.2) is 0 Å². The first-order valence-corrected chi connectivity index (χ1v) is 11.4. The van der Waals surface area contributed by atoms with E-state index in [2.05, 4.69) is 11.4 Å². The molecule has 32 heavy (non-hydrogen) atoms. The molecule has 1 N–H and O–H groups in total. The highest BCUT2D eigenvalue weighted by atomic mass is 32.1. The monoisotopic (exact) mass is 452 g/mol. The van der Waals surface area contributed by atoms with E-state index in [4.69, 9.17) is 9.72 Å². The lowest BCUT2D eigenvalue weighted by Crippen LogP contribution is -2.45. The van der Waals surface area contributed by atoms with E-state index in [1.54, 1.807) is 25.4 Å². The van der Waals surface area contributed by atoms with Crippen LogP contribution < -0.4 is 10.1 Å². The van der Waals surface area contributed by atoms with Crippen molar-refractivity contribution in [1.82, 2.24) is 20.1 Å². The molecule has 3 aromatic rings. The van der Waals surface area contributed by atoms with E-state index < -0.39 is 5.54 Å². The maximum Gasteiger partial charge on any atom is 0.326 e. The second-order valence-electron chi connectivity index (χ2n) is 8.44. The van der Waals surface area contributed by atoms with Crippen LogP contribution in [0.4, 0.5) is 4.79 Å². The Morgan fingerprint density at radius 2 is 1.91 bits per heavy atom. The van der Waals surface area contributed by atoms with Crippen LogP contribution in [-0.4, -0.2) is 53.1 Å². The number of carbonyl (C=O) groups is 2. The fourth-order valence-corrected chi connectivity index (χ4v) is 4.92. The van der Waals surface area contributed by atoms with Gasteiger partial charge in [-0.05, 0) is 63.6 Å². The number of hydrogen-bond donors (Lipinski definition) is 1. The van der Waals surface area contributed by atoms with Gasteiger partial charge in [0, 0.05) is 0 Å². The Bertz CT molecular complexity index is 1100. The number of nitrogens with zero attached hydrogens (tertiary/aromatic N) is 3. The first kappa shape index (κ1) is 22.2. The summed E-state index contributed by atoms with van der Waals surface area (Å²) in [6.07, 6.45) is 1.20. The Kier molecular flexibility index (Phi) is 6.17. The summed E-state index contributed by atoms with van der Waals surface area (Å²) in [6.45, 7) is 4.05. The van der Waals surface area contributed by atoms with Gasteiger partial charge < -0.3 is 10.1 Å². The lowest BCUT2D eigenvalue weighted by atomic mass is 9.93. The van der Waals surface area contributed by atoms with Crippen LogP contribution in [0.3, 0.4) is 0 Å². The van der Waals surface area contributed by atoms with E-state index in [0.29, 0.717) is 12.8 Å². The van der Waals surface area contributed by atoms with Gasteiger partial charge in [-0.15, -0.1) is 11.3 Å². The number of aromatic nitrogens is 1. The number of imide groups is 1. The molecule has 1 aliphatic rings. The van der Waals surface area contributed by atoms with Crippen molar-refractivity contribution >= 4 is 33.5 Å². The fourth-order valence-electron chi connectivity index (χ4n) is 3.83. The van der Waals surface area contributed by atoms with Gasteiger partial charge in [0.25, 0.3) is 5.91 Å². The molecule has 168 valence electrons. The van der Waals surface area contributed by atoms with Crippen molar-refractivity contribution in [3.05, 3.63) is 59.1 Å². The van der Waals surface area contributed by atoms with E-state index in [-0.39, 0.29) is 24.6 Å². The summed E-state index contributed by atoms with van der Waals surface area (Å²) in [5.74, 6) is 0.598. The van der Waals surface area contributed by atoms with E-state index in [1.165, 1.54) is 4.90 Å². The number of thiazole rings is 1. The fraction of sp³-hybridized carbons (Fsp3) is 0.375. The Labute approximate surface area is 192 Å². The molecule has 0 aliphatic carbocycles. The number of rotatable bonds is 8. The molecule has 0 spiro atoms. The zero-order valence-electron chi connectivity index (χ0n) is 18.8. The molecule has 2 atom stereocenters. The Balaban J connectivity index is 1.41. The number of carbonyl (C=O) groups excluding carboxylic acids is 2. The zero-order chi connectivity index (χ0) is 22.9. The molecule has 1 aliphatic heterocycles. The van der Waals surface area contributed by atoms with Crippen LogP contribution in [0.15, 0.2) is 48.5 Å². The summed E-state index contributed by atoms with van der Waals surface area (Å²) < 4.78 is 6.32. The van der Waals surface area contributed by atoms with Gasteiger partial charge in [0.1, 0.15) is 16.3 Å². The highest BCUT2D eigenvalue weighted by molar-refractivity contribution is 7.18. The molecule has 8 heteroatoms. The van der Waals surface area contributed by atoms with Crippen LogP contribution in [0, 0.1) is 0 Å². The first-order valence-electron chi connectivity index (χ1n) is 10.6. The largest absolute Gasteiger partial charge is 0.497 e. The van der Waals surface area contributed by atoms with Crippen LogP contribution >= 0.6 is 11.3 Å². The van der Waals surface area contributed by atoms with Crippen molar-refractivity contribution in [2.75, 3.05) is 20.8 Å². The van der Waals surface area contributed by atoms with Gasteiger partial charge in [0.05, 0.1) is 30.0 Å². The SMILES string of the molecule is COc1ccc(CCC2(C)NC(=O)N(CN(C)C(C)c3nc4ccccc4s3)C2=O)cc1. The number of benzene rings is 2. The van der Waals surface area contributed by atoms with Crippen molar-refractivity contribution in [2.24, 2.45) is 0 Å². The Hall–Kier alpha value is -2.97. The average Bonchev–Trinajstić information content (AvgIpc) is 3.32. The van der Waals surface area contributed by atoms with Crippen molar-refractivity contribution in [3.63, 3.8) is 0 Å². The molecule has 0 saturated carbocycles. The standard InChI is InChI=1S/C24H28N4O3S/c1-16(21-25-19-7-5-6-8-20(19)32-21)27(3)15-28-22(29)24(2,26-23(28)30)14-13-17-9-11-18(31-4)12-10-17/h5-12,16H,13-15H2,1-4H3,(H,26,30). The van der Waals surface area contributed by atoms with Gasteiger partial charge >= 0.3 is 6.03 Å². The number of amides is 3. The minimum atomic E-state index is -0.920. The summed E-state index contributed by atoms with van der Waals surface area (Å²) >= 11 is 1.64. The highest BCUT2D eigenvalue weighted by Gasteiger charge is 2.47. The van der Waals surface area contributed by atoms with Gasteiger partial charge in [-0.1, -0.05) is 24.3 Å². The summed E-state index contributed by atoms with van der Waals surface area (Å²) in [5.41, 5.74) is 1.14. The molecule has 1 saturated heterocycles. The predicted octanol–water partition coefficient (Wildman–Crippen LogP) is 4.20. The molecule has 1 fully saturated rings. The molecule has 7 nitrogen and oxygen atoms in total. The molecule has 0 bridgehead atoms. The van der Waals surface area contributed by atoms with Crippen LogP contribution in [-0.2, 0) is 11.2 Å². The molecular weight excluding hydrogens is 424 g/mol. The Morgan fingerprint density at radius 1 is 1.19 bits per heavy atom. The van der Waals surface area contributed by atoms with Crippen molar-refractivity contribution in [1.29, 1.82) is 0 Å². The molecule has 2 unspecified atom stereocenters. The second kappa shape index (κ2) is 8.88. The number of urea groups is 1. The minimum Gasteiger partial charge on any atom is -0.497 e. The first-order chi connectivity index (χ1) is 15.3. The van der Waals surface area contributed by atoms with Gasteiger partial charge in [0.2, 0.25) is 0 Å². The molecule has 2 aromatic carbocycles. The quantitative estimate of drug-likeness (QED) is 0.519. The Morgan fingerprint density at radius 3 is 2.59 bits per heavy atom. The molecule has 0 radical (unpaired) electrons.